The van der Waals surface area contributed by atoms with E-state index in [4.69, 9.17) is 0 Å². The van der Waals surface area contributed by atoms with E-state index in [-0.39, 0.29) is 0 Å². The van der Waals surface area contributed by atoms with E-state index in [1.54, 1.807) is 11.3 Å². The molecule has 1 N–H and O–H groups in total. The van der Waals surface area contributed by atoms with E-state index >= 15 is 0 Å². The maximum Gasteiger partial charge on any atom is 0.0264 e. The van der Waals surface area contributed by atoms with Crippen LogP contribution in [0, 0.1) is 0 Å². The van der Waals surface area contributed by atoms with E-state index in [0.29, 0.717) is 0 Å². The number of thiophene rings is 1. The first-order valence-electron chi connectivity index (χ1n) is 4.00. The summed E-state index contributed by atoms with van der Waals surface area (Å²) in [7, 11) is 1.85. The highest BCUT2D eigenvalue weighted by molar-refractivity contribution is 7.08. The lowest BCUT2D eigenvalue weighted by Gasteiger charge is -1.97. The summed E-state index contributed by atoms with van der Waals surface area (Å²) in [5.41, 5.74) is 3.07. The summed E-state index contributed by atoms with van der Waals surface area (Å²) < 4.78 is 0. The van der Waals surface area contributed by atoms with E-state index in [1.165, 1.54) is 5.56 Å². The van der Waals surface area contributed by atoms with Crippen molar-refractivity contribution in [1.29, 1.82) is 0 Å². The molecule has 2 heteroatoms. The molecule has 0 aromatic carbocycles. The minimum atomic E-state index is 0.886. The second-order valence-corrected chi connectivity index (χ2v) is 3.43. The summed E-state index contributed by atoms with van der Waals surface area (Å²) in [4.78, 5) is 0. The van der Waals surface area contributed by atoms with E-state index in [1.807, 2.05) is 24.6 Å². The summed E-state index contributed by atoms with van der Waals surface area (Å²) >= 11 is 1.68. The van der Waals surface area contributed by atoms with Crippen LogP contribution in [0.4, 0.5) is 0 Å². The zero-order valence-electron chi connectivity index (χ0n) is 7.71. The fourth-order valence-electron chi connectivity index (χ4n) is 0.828. The van der Waals surface area contributed by atoms with Crippen LogP contribution in [0.15, 0.2) is 47.8 Å². The second kappa shape index (κ2) is 4.67. The van der Waals surface area contributed by atoms with Crippen LogP contribution in [0.3, 0.4) is 0 Å². The Hall–Kier alpha value is -1.28. The zero-order valence-corrected chi connectivity index (χ0v) is 8.53. The van der Waals surface area contributed by atoms with Crippen molar-refractivity contribution in [2.75, 3.05) is 7.05 Å². The Morgan fingerprint density at radius 1 is 1.46 bits per heavy atom. The average molecular weight is 191 g/mol. The smallest absolute Gasteiger partial charge is 0.0264 e. The predicted octanol–water partition coefficient (Wildman–Crippen LogP) is 3.05. The molecule has 0 saturated heterocycles. The van der Waals surface area contributed by atoms with Crippen LogP contribution in [0.2, 0.25) is 0 Å². The van der Waals surface area contributed by atoms with Gasteiger partial charge in [-0.25, -0.2) is 0 Å². The standard InChI is InChI=1S/C11H13NS/c1-9(4-5-10(2)12-3)11-6-7-13-8-11/h4-8,12H,1-2H2,3H3/b5-4-. The van der Waals surface area contributed by atoms with Crippen LogP contribution in [-0.4, -0.2) is 7.05 Å². The molecule has 1 aromatic heterocycles. The molecule has 0 aliphatic carbocycles. The normalized spacial score (nSPS) is 10.2. The Kier molecular flexibility index (Phi) is 3.53. The predicted molar refractivity (Wildman–Crippen MR) is 60.7 cm³/mol. The Labute approximate surface area is 83.1 Å². The van der Waals surface area contributed by atoms with Crippen molar-refractivity contribution in [2.24, 2.45) is 0 Å². The molecule has 1 heterocycles. The molecule has 0 atom stereocenters. The molecule has 0 unspecified atom stereocenters. The van der Waals surface area contributed by atoms with Crippen LogP contribution in [0.25, 0.3) is 5.57 Å². The van der Waals surface area contributed by atoms with Crippen LogP contribution in [-0.2, 0) is 0 Å². The van der Waals surface area contributed by atoms with Crippen LogP contribution >= 0.6 is 11.3 Å². The molecule has 0 aliphatic heterocycles. The van der Waals surface area contributed by atoms with Crippen molar-refractivity contribution in [3.8, 4) is 0 Å². The van der Waals surface area contributed by atoms with Gasteiger partial charge in [0.15, 0.2) is 0 Å². The van der Waals surface area contributed by atoms with Gasteiger partial charge < -0.3 is 5.32 Å². The third-order valence-electron chi connectivity index (χ3n) is 1.70. The fourth-order valence-corrected chi connectivity index (χ4v) is 1.51. The number of hydrogen-bond donors (Lipinski definition) is 1. The largest absolute Gasteiger partial charge is 0.389 e. The lowest BCUT2D eigenvalue weighted by atomic mass is 10.1. The maximum absolute atomic E-state index is 3.95. The topological polar surface area (TPSA) is 12.0 Å². The highest BCUT2D eigenvalue weighted by Crippen LogP contribution is 2.16. The first-order chi connectivity index (χ1) is 6.24. The molecule has 0 radical (unpaired) electrons. The number of rotatable bonds is 4. The zero-order chi connectivity index (χ0) is 9.68. The molecule has 0 spiro atoms. The quantitative estimate of drug-likeness (QED) is 0.721. The SMILES string of the molecule is C=C(/C=C\C(=C)c1ccsc1)NC. The van der Waals surface area contributed by atoms with Gasteiger partial charge in [0.25, 0.3) is 0 Å². The molecule has 0 fully saturated rings. The van der Waals surface area contributed by atoms with Gasteiger partial charge in [0.1, 0.15) is 0 Å². The molecular formula is C11H13NS. The summed E-state index contributed by atoms with van der Waals surface area (Å²) in [5.74, 6) is 0. The van der Waals surface area contributed by atoms with Gasteiger partial charge in [0, 0.05) is 12.7 Å². The van der Waals surface area contributed by atoms with Gasteiger partial charge in [-0.05, 0) is 34.0 Å². The monoisotopic (exact) mass is 191 g/mol. The molecule has 0 amide bonds. The number of nitrogens with one attached hydrogen (secondary N) is 1. The number of hydrogen-bond acceptors (Lipinski definition) is 2. The maximum atomic E-state index is 3.95. The first-order valence-corrected chi connectivity index (χ1v) is 4.94. The van der Waals surface area contributed by atoms with Crippen molar-refractivity contribution in [3.05, 3.63) is 53.4 Å². The minimum absolute atomic E-state index is 0.886. The minimum Gasteiger partial charge on any atom is -0.389 e. The molecule has 68 valence electrons. The van der Waals surface area contributed by atoms with E-state index in [9.17, 15) is 0 Å². The van der Waals surface area contributed by atoms with Gasteiger partial charge in [-0.2, -0.15) is 11.3 Å². The second-order valence-electron chi connectivity index (χ2n) is 2.65. The molecule has 1 aromatic rings. The van der Waals surface area contributed by atoms with Crippen molar-refractivity contribution in [3.63, 3.8) is 0 Å². The number of allylic oxidation sites excluding steroid dienone is 3. The van der Waals surface area contributed by atoms with Crippen LogP contribution in [0.5, 0.6) is 0 Å². The fraction of sp³-hybridized carbons (Fsp3) is 0.0909. The molecule has 1 nitrogen and oxygen atoms in total. The molecule has 0 saturated carbocycles. The van der Waals surface area contributed by atoms with Crippen molar-refractivity contribution in [1.82, 2.24) is 5.32 Å². The molecule has 0 bridgehead atoms. The highest BCUT2D eigenvalue weighted by atomic mass is 32.1. The van der Waals surface area contributed by atoms with E-state index in [0.717, 1.165) is 11.3 Å². The summed E-state index contributed by atoms with van der Waals surface area (Å²) in [6, 6.07) is 2.06. The van der Waals surface area contributed by atoms with Crippen molar-refractivity contribution >= 4 is 16.9 Å². The van der Waals surface area contributed by atoms with Gasteiger partial charge in [-0.3, -0.25) is 0 Å². The molecule has 0 aliphatic rings. The Balaban J connectivity index is 2.61. The van der Waals surface area contributed by atoms with Gasteiger partial charge in [-0.1, -0.05) is 19.2 Å². The van der Waals surface area contributed by atoms with Gasteiger partial charge >= 0.3 is 0 Å². The van der Waals surface area contributed by atoms with Crippen molar-refractivity contribution in [2.45, 2.75) is 0 Å². The van der Waals surface area contributed by atoms with Crippen molar-refractivity contribution < 1.29 is 0 Å². The van der Waals surface area contributed by atoms with Gasteiger partial charge in [-0.15, -0.1) is 0 Å². The highest BCUT2D eigenvalue weighted by Gasteiger charge is 1.93. The average Bonchev–Trinajstić information content (AvgIpc) is 2.66. The molecular weight excluding hydrogens is 178 g/mol. The van der Waals surface area contributed by atoms with Gasteiger partial charge in [0.05, 0.1) is 0 Å². The Morgan fingerprint density at radius 2 is 2.23 bits per heavy atom. The molecule has 13 heavy (non-hydrogen) atoms. The van der Waals surface area contributed by atoms with Gasteiger partial charge in [0.2, 0.25) is 0 Å². The lowest BCUT2D eigenvalue weighted by molar-refractivity contribution is 1.04. The number of likely N-dealkylation sites (N-methyl/N-ethyl adjacent to an activating group) is 1. The van der Waals surface area contributed by atoms with Crippen LogP contribution < -0.4 is 5.32 Å². The Bertz CT molecular complexity index is 320. The van der Waals surface area contributed by atoms with E-state index in [2.05, 4.69) is 29.9 Å². The lowest BCUT2D eigenvalue weighted by Crippen LogP contribution is -2.00. The summed E-state index contributed by atoms with van der Waals surface area (Å²) in [5, 5.41) is 7.07. The third kappa shape index (κ3) is 2.92. The Morgan fingerprint density at radius 3 is 2.77 bits per heavy atom. The van der Waals surface area contributed by atoms with E-state index < -0.39 is 0 Å². The summed E-state index contributed by atoms with van der Waals surface area (Å²) in [6.45, 7) is 7.74. The third-order valence-corrected chi connectivity index (χ3v) is 2.38. The van der Waals surface area contributed by atoms with Crippen LogP contribution in [0.1, 0.15) is 5.56 Å². The summed E-state index contributed by atoms with van der Waals surface area (Å²) in [6.07, 6.45) is 3.88. The molecule has 1 rings (SSSR count). The first kappa shape index (κ1) is 9.81.